The number of amides is 1. The second-order valence-electron chi connectivity index (χ2n) is 8.89. The van der Waals surface area contributed by atoms with Crippen molar-refractivity contribution >= 4 is 45.2 Å². The highest BCUT2D eigenvalue weighted by Gasteiger charge is 2.26. The highest BCUT2D eigenvalue weighted by molar-refractivity contribution is 7.11. The van der Waals surface area contributed by atoms with Crippen LogP contribution in [-0.4, -0.2) is 20.4 Å². The Labute approximate surface area is 209 Å². The van der Waals surface area contributed by atoms with Crippen molar-refractivity contribution in [2.45, 2.75) is 19.9 Å². The number of rotatable bonds is 4. The van der Waals surface area contributed by atoms with Crippen LogP contribution in [0, 0.1) is 12.7 Å². The molecule has 0 spiro atoms. The summed E-state index contributed by atoms with van der Waals surface area (Å²) in [5.74, 6) is -0.434. The molecule has 180 valence electrons. The van der Waals surface area contributed by atoms with Crippen molar-refractivity contribution in [3.63, 3.8) is 0 Å². The van der Waals surface area contributed by atoms with Crippen molar-refractivity contribution in [3.8, 4) is 11.1 Å². The standard InChI is InChI=1S/C27H22FN5O2S/c1-15-29-12-20(36-15)10-24(34)31-18-5-8-23-21(9-18)22-14-32(2)26-25(22)16(11-30-27(26)35)13-33(23)19-6-3-17(28)4-7-19/h3-9,11-12,14H,10,13H2,1-2H3,(H,30,35)(H,31,34). The number of halogens is 1. The first-order valence-corrected chi connectivity index (χ1v) is 12.3. The van der Waals surface area contributed by atoms with E-state index in [-0.39, 0.29) is 23.7 Å². The fourth-order valence-corrected chi connectivity index (χ4v) is 5.66. The number of carbonyl (C=O) groups is 1. The molecule has 0 bridgehead atoms. The summed E-state index contributed by atoms with van der Waals surface area (Å²) in [6, 6.07) is 12.1. The molecule has 0 aliphatic carbocycles. The van der Waals surface area contributed by atoms with Gasteiger partial charge in [0.25, 0.3) is 5.56 Å². The van der Waals surface area contributed by atoms with Gasteiger partial charge in [-0.2, -0.15) is 0 Å². The minimum atomic E-state index is -0.307. The number of hydrogen-bond donors (Lipinski definition) is 2. The summed E-state index contributed by atoms with van der Waals surface area (Å²) in [5.41, 5.74) is 5.53. The summed E-state index contributed by atoms with van der Waals surface area (Å²) < 4.78 is 15.5. The minimum Gasteiger partial charge on any atom is -0.345 e. The van der Waals surface area contributed by atoms with Crippen molar-refractivity contribution in [3.05, 3.63) is 92.7 Å². The molecule has 3 aromatic heterocycles. The van der Waals surface area contributed by atoms with Gasteiger partial charge in [0.1, 0.15) is 11.3 Å². The number of fused-ring (bicyclic) bond motifs is 2. The molecule has 0 saturated heterocycles. The van der Waals surface area contributed by atoms with Crippen LogP contribution in [0.5, 0.6) is 0 Å². The summed E-state index contributed by atoms with van der Waals surface area (Å²) in [6.07, 6.45) is 5.67. The highest BCUT2D eigenvalue weighted by Crippen LogP contribution is 2.44. The van der Waals surface area contributed by atoms with E-state index in [2.05, 4.69) is 20.2 Å². The van der Waals surface area contributed by atoms with Crippen molar-refractivity contribution in [1.82, 2.24) is 14.5 Å². The molecule has 2 N–H and O–H groups in total. The van der Waals surface area contributed by atoms with Gasteiger partial charge in [0, 0.05) is 64.1 Å². The molecule has 0 saturated carbocycles. The fourth-order valence-electron chi connectivity index (χ4n) is 4.87. The van der Waals surface area contributed by atoms with Crippen LogP contribution < -0.4 is 15.8 Å². The van der Waals surface area contributed by atoms with Gasteiger partial charge in [-0.15, -0.1) is 11.3 Å². The van der Waals surface area contributed by atoms with Gasteiger partial charge >= 0.3 is 0 Å². The molecule has 0 unspecified atom stereocenters. The SMILES string of the molecule is Cc1ncc(CC(=O)Nc2ccc3c(c2)-c2cn(C)c4c(=O)[nH]cc(c24)CN3c2ccc(F)cc2)s1. The van der Waals surface area contributed by atoms with E-state index in [1.54, 1.807) is 24.5 Å². The van der Waals surface area contributed by atoms with Gasteiger partial charge in [0.05, 0.1) is 18.0 Å². The Bertz CT molecular complexity index is 1700. The number of hydrogen-bond acceptors (Lipinski definition) is 5. The van der Waals surface area contributed by atoms with E-state index >= 15 is 0 Å². The third-order valence-electron chi connectivity index (χ3n) is 6.43. The minimum absolute atomic E-state index is 0.127. The Kier molecular flexibility index (Phi) is 5.22. The molecule has 5 aromatic rings. The van der Waals surface area contributed by atoms with E-state index < -0.39 is 0 Å². The molecule has 1 amide bonds. The first-order chi connectivity index (χ1) is 17.4. The molecule has 6 rings (SSSR count). The molecule has 2 aromatic carbocycles. The number of aryl methyl sites for hydroxylation is 2. The summed E-state index contributed by atoms with van der Waals surface area (Å²) in [6.45, 7) is 2.40. The number of anilines is 3. The van der Waals surface area contributed by atoms with E-state index in [1.807, 2.05) is 42.9 Å². The number of nitrogens with zero attached hydrogens (tertiary/aromatic N) is 3. The lowest BCUT2D eigenvalue weighted by molar-refractivity contribution is -0.115. The first-order valence-electron chi connectivity index (χ1n) is 11.5. The van der Waals surface area contributed by atoms with E-state index in [1.165, 1.54) is 23.5 Å². The predicted octanol–water partition coefficient (Wildman–Crippen LogP) is 5.27. The largest absolute Gasteiger partial charge is 0.345 e. The summed E-state index contributed by atoms with van der Waals surface area (Å²) in [4.78, 5) is 35.5. The monoisotopic (exact) mass is 499 g/mol. The second-order valence-corrected chi connectivity index (χ2v) is 10.2. The third kappa shape index (κ3) is 3.77. The number of benzene rings is 2. The van der Waals surface area contributed by atoms with Crippen LogP contribution in [0.1, 0.15) is 15.4 Å². The van der Waals surface area contributed by atoms with Crippen LogP contribution in [0.2, 0.25) is 0 Å². The predicted molar refractivity (Wildman–Crippen MR) is 140 cm³/mol. The quantitative estimate of drug-likeness (QED) is 0.353. The van der Waals surface area contributed by atoms with Crippen molar-refractivity contribution in [2.75, 3.05) is 10.2 Å². The summed E-state index contributed by atoms with van der Waals surface area (Å²) in [7, 11) is 1.85. The first kappa shape index (κ1) is 22.2. The normalized spacial score (nSPS) is 12.5. The number of carbonyl (C=O) groups excluding carboxylic acids is 1. The Morgan fingerprint density at radius 2 is 2.00 bits per heavy atom. The zero-order chi connectivity index (χ0) is 25.0. The van der Waals surface area contributed by atoms with Gasteiger partial charge in [-0.05, 0) is 55.0 Å². The van der Waals surface area contributed by atoms with Crippen LogP contribution in [0.15, 0.2) is 65.8 Å². The molecular formula is C27H22FN5O2S. The molecule has 4 heterocycles. The molecular weight excluding hydrogens is 477 g/mol. The number of nitrogens with one attached hydrogen (secondary N) is 2. The van der Waals surface area contributed by atoms with Crippen LogP contribution in [0.25, 0.3) is 22.0 Å². The smallest absolute Gasteiger partial charge is 0.272 e. The molecule has 0 fully saturated rings. The van der Waals surface area contributed by atoms with E-state index in [0.29, 0.717) is 17.7 Å². The maximum atomic E-state index is 13.7. The Hall–Kier alpha value is -4.24. The Balaban J connectivity index is 1.48. The van der Waals surface area contributed by atoms with Crippen LogP contribution in [0.4, 0.5) is 21.5 Å². The average Bonchev–Trinajstić information content (AvgIpc) is 3.39. The molecule has 1 aliphatic heterocycles. The third-order valence-corrected chi connectivity index (χ3v) is 7.34. The van der Waals surface area contributed by atoms with Gasteiger partial charge in [0.2, 0.25) is 5.91 Å². The lowest BCUT2D eigenvalue weighted by Crippen LogP contribution is -2.18. The molecule has 7 nitrogen and oxygen atoms in total. The number of aromatic amines is 1. The number of thiazole rings is 1. The van der Waals surface area contributed by atoms with E-state index in [4.69, 9.17) is 0 Å². The molecule has 0 atom stereocenters. The van der Waals surface area contributed by atoms with E-state index in [0.717, 1.165) is 43.3 Å². The zero-order valence-electron chi connectivity index (χ0n) is 19.6. The zero-order valence-corrected chi connectivity index (χ0v) is 20.4. The summed E-state index contributed by atoms with van der Waals surface area (Å²) >= 11 is 1.50. The highest BCUT2D eigenvalue weighted by atomic mass is 32.1. The number of pyridine rings is 1. The molecule has 1 aliphatic rings. The van der Waals surface area contributed by atoms with Gasteiger partial charge < -0.3 is 19.8 Å². The molecule has 9 heteroatoms. The maximum Gasteiger partial charge on any atom is 0.272 e. The van der Waals surface area contributed by atoms with Crippen molar-refractivity contribution < 1.29 is 9.18 Å². The van der Waals surface area contributed by atoms with Crippen molar-refractivity contribution in [1.29, 1.82) is 0 Å². The topological polar surface area (TPSA) is 83.0 Å². The van der Waals surface area contributed by atoms with Gasteiger partial charge in [0.15, 0.2) is 0 Å². The molecule has 0 radical (unpaired) electrons. The van der Waals surface area contributed by atoms with Crippen molar-refractivity contribution in [2.24, 2.45) is 7.05 Å². The molecule has 36 heavy (non-hydrogen) atoms. The maximum absolute atomic E-state index is 13.7. The summed E-state index contributed by atoms with van der Waals surface area (Å²) in [5, 5.41) is 4.80. The Morgan fingerprint density at radius 3 is 2.75 bits per heavy atom. The fraction of sp³-hybridized carbons (Fsp3) is 0.148. The van der Waals surface area contributed by atoms with Gasteiger partial charge in [-0.1, -0.05) is 0 Å². The average molecular weight is 500 g/mol. The van der Waals surface area contributed by atoms with Gasteiger partial charge in [-0.3, -0.25) is 9.59 Å². The van der Waals surface area contributed by atoms with Crippen LogP contribution >= 0.6 is 11.3 Å². The van der Waals surface area contributed by atoms with E-state index in [9.17, 15) is 14.0 Å². The second kappa shape index (κ2) is 8.46. The number of aromatic nitrogens is 3. The van der Waals surface area contributed by atoms with Gasteiger partial charge in [-0.25, -0.2) is 9.37 Å². The van der Waals surface area contributed by atoms with Crippen LogP contribution in [-0.2, 0) is 24.8 Å². The lowest BCUT2D eigenvalue weighted by Gasteiger charge is -2.26. The van der Waals surface area contributed by atoms with Crippen LogP contribution in [0.3, 0.4) is 0 Å². The number of H-pyrrole nitrogens is 1. The Morgan fingerprint density at radius 1 is 1.19 bits per heavy atom. The lowest BCUT2D eigenvalue weighted by atomic mass is 10.0.